The van der Waals surface area contributed by atoms with E-state index in [0.717, 1.165) is 0 Å². The predicted molar refractivity (Wildman–Crippen MR) is 80.6 cm³/mol. The molecule has 0 aliphatic rings. The topological polar surface area (TPSA) is 84.2 Å². The lowest BCUT2D eigenvalue weighted by Crippen LogP contribution is -2.46. The van der Waals surface area contributed by atoms with Gasteiger partial charge < -0.3 is 16.4 Å². The van der Waals surface area contributed by atoms with E-state index in [9.17, 15) is 9.59 Å². The third-order valence-corrected chi connectivity index (χ3v) is 3.07. The maximum atomic E-state index is 12.2. The van der Waals surface area contributed by atoms with Gasteiger partial charge in [-0.15, -0.1) is 0 Å². The number of hydrogen-bond donors (Lipinski definition) is 3. The number of carbonyl (C=O) groups excluding carboxylic acids is 2. The van der Waals surface area contributed by atoms with E-state index in [1.807, 2.05) is 13.8 Å². The van der Waals surface area contributed by atoms with Gasteiger partial charge in [0.2, 0.25) is 5.91 Å². The average molecular weight is 298 g/mol. The van der Waals surface area contributed by atoms with Crippen molar-refractivity contribution in [3.8, 4) is 0 Å². The van der Waals surface area contributed by atoms with Crippen molar-refractivity contribution in [3.05, 3.63) is 28.8 Å². The van der Waals surface area contributed by atoms with E-state index in [2.05, 4.69) is 10.6 Å². The maximum Gasteiger partial charge on any atom is 0.254 e. The summed E-state index contributed by atoms with van der Waals surface area (Å²) in [5.41, 5.74) is 6.36. The van der Waals surface area contributed by atoms with Gasteiger partial charge in [-0.2, -0.15) is 0 Å². The molecule has 1 rings (SSSR count). The molecule has 5 nitrogen and oxygen atoms in total. The Morgan fingerprint density at radius 3 is 2.50 bits per heavy atom. The predicted octanol–water partition coefficient (Wildman–Crippen LogP) is 1.81. The van der Waals surface area contributed by atoms with Crippen LogP contribution in [0.4, 0.5) is 5.69 Å². The Morgan fingerprint density at radius 1 is 1.35 bits per heavy atom. The van der Waals surface area contributed by atoms with Crippen molar-refractivity contribution in [2.75, 3.05) is 12.8 Å². The highest BCUT2D eigenvalue weighted by Gasteiger charge is 2.22. The zero-order valence-electron chi connectivity index (χ0n) is 11.9. The molecule has 6 heteroatoms. The van der Waals surface area contributed by atoms with Crippen LogP contribution in [0.1, 0.15) is 30.6 Å². The first-order valence-corrected chi connectivity index (χ1v) is 6.80. The van der Waals surface area contributed by atoms with E-state index in [-0.39, 0.29) is 23.4 Å². The Bertz CT molecular complexity index is 503. The van der Waals surface area contributed by atoms with Crippen LogP contribution in [0.15, 0.2) is 18.2 Å². The van der Waals surface area contributed by atoms with Crippen molar-refractivity contribution < 1.29 is 9.59 Å². The number of halogens is 1. The number of rotatable bonds is 5. The van der Waals surface area contributed by atoms with Gasteiger partial charge in [-0.05, 0) is 30.5 Å². The van der Waals surface area contributed by atoms with E-state index in [1.165, 1.54) is 6.07 Å². The minimum absolute atomic E-state index is 0.223. The lowest BCUT2D eigenvalue weighted by atomic mass is 10.0. The minimum atomic E-state index is -0.581. The molecule has 0 aliphatic heterocycles. The largest absolute Gasteiger partial charge is 0.398 e. The van der Waals surface area contributed by atoms with Crippen LogP contribution in [-0.4, -0.2) is 24.9 Å². The molecule has 0 aromatic heterocycles. The summed E-state index contributed by atoms with van der Waals surface area (Å²) in [5, 5.41) is 5.71. The molecule has 0 heterocycles. The van der Waals surface area contributed by atoms with Crippen LogP contribution < -0.4 is 16.4 Å². The molecule has 20 heavy (non-hydrogen) atoms. The number of carbonyl (C=O) groups is 2. The van der Waals surface area contributed by atoms with Crippen LogP contribution in [0.2, 0.25) is 5.02 Å². The fourth-order valence-electron chi connectivity index (χ4n) is 1.85. The molecule has 0 fully saturated rings. The quantitative estimate of drug-likeness (QED) is 0.725. The lowest BCUT2D eigenvalue weighted by molar-refractivity contribution is -0.122. The van der Waals surface area contributed by atoms with Crippen molar-refractivity contribution >= 4 is 29.1 Å². The molecule has 0 bridgehead atoms. The third kappa shape index (κ3) is 4.42. The van der Waals surface area contributed by atoms with Gasteiger partial charge in [0.25, 0.3) is 5.91 Å². The Hall–Kier alpha value is -1.75. The van der Waals surface area contributed by atoms with Crippen molar-refractivity contribution in [2.45, 2.75) is 26.3 Å². The van der Waals surface area contributed by atoms with Crippen LogP contribution in [0.5, 0.6) is 0 Å². The zero-order chi connectivity index (χ0) is 15.3. The summed E-state index contributed by atoms with van der Waals surface area (Å²) in [6.07, 6.45) is 0.554. The van der Waals surface area contributed by atoms with Gasteiger partial charge in [-0.25, -0.2) is 0 Å². The number of hydrogen-bond acceptors (Lipinski definition) is 3. The highest BCUT2D eigenvalue weighted by atomic mass is 35.5. The fourth-order valence-corrected chi connectivity index (χ4v) is 2.03. The molecule has 1 aromatic rings. The van der Waals surface area contributed by atoms with Gasteiger partial charge in [0.1, 0.15) is 6.04 Å². The monoisotopic (exact) mass is 297 g/mol. The summed E-state index contributed by atoms with van der Waals surface area (Å²) in [4.78, 5) is 24.0. The first kappa shape index (κ1) is 16.3. The molecule has 4 N–H and O–H groups in total. The number of nitrogen functional groups attached to an aromatic ring is 1. The molecule has 0 spiro atoms. The lowest BCUT2D eigenvalue weighted by Gasteiger charge is -2.19. The summed E-state index contributed by atoms with van der Waals surface area (Å²) >= 11 is 5.79. The molecule has 1 aromatic carbocycles. The Labute approximate surface area is 123 Å². The van der Waals surface area contributed by atoms with Gasteiger partial charge in [-0.3, -0.25) is 9.59 Å². The standard InChI is InChI=1S/C14H20ClN3O2/c1-8(2)6-12(14(20)17-3)18-13(19)10-5-4-9(15)7-11(10)16/h4-5,7-8,12H,6,16H2,1-3H3,(H,17,20)(H,18,19). The van der Waals surface area contributed by atoms with E-state index in [0.29, 0.717) is 17.0 Å². The molecule has 2 amide bonds. The zero-order valence-corrected chi connectivity index (χ0v) is 12.6. The molecule has 0 saturated carbocycles. The SMILES string of the molecule is CNC(=O)C(CC(C)C)NC(=O)c1ccc(Cl)cc1N. The number of amides is 2. The summed E-state index contributed by atoms with van der Waals surface area (Å²) in [6.45, 7) is 3.97. The van der Waals surface area contributed by atoms with E-state index in [1.54, 1.807) is 19.2 Å². The van der Waals surface area contributed by atoms with Crippen LogP contribution in [0, 0.1) is 5.92 Å². The molecule has 110 valence electrons. The summed E-state index contributed by atoms with van der Waals surface area (Å²) < 4.78 is 0. The van der Waals surface area contributed by atoms with Gasteiger partial charge in [-0.1, -0.05) is 25.4 Å². The van der Waals surface area contributed by atoms with Gasteiger partial charge >= 0.3 is 0 Å². The summed E-state index contributed by atoms with van der Waals surface area (Å²) in [6, 6.07) is 4.06. The number of likely N-dealkylation sites (N-methyl/N-ethyl adjacent to an activating group) is 1. The molecule has 0 aliphatic carbocycles. The molecule has 1 unspecified atom stereocenters. The smallest absolute Gasteiger partial charge is 0.254 e. The first-order valence-electron chi connectivity index (χ1n) is 6.42. The van der Waals surface area contributed by atoms with Gasteiger partial charge in [0, 0.05) is 17.8 Å². The second kappa shape index (κ2) is 7.14. The van der Waals surface area contributed by atoms with Crippen molar-refractivity contribution in [3.63, 3.8) is 0 Å². The number of nitrogens with two attached hydrogens (primary N) is 1. The van der Waals surface area contributed by atoms with Crippen molar-refractivity contribution in [2.24, 2.45) is 5.92 Å². The second-order valence-corrected chi connectivity index (χ2v) is 5.44. The molecular formula is C14H20ClN3O2. The molecular weight excluding hydrogens is 278 g/mol. The van der Waals surface area contributed by atoms with Crippen LogP contribution in [-0.2, 0) is 4.79 Å². The van der Waals surface area contributed by atoms with Crippen LogP contribution in [0.25, 0.3) is 0 Å². The van der Waals surface area contributed by atoms with Gasteiger partial charge in [0.05, 0.1) is 5.56 Å². The Morgan fingerprint density at radius 2 is 2.00 bits per heavy atom. The van der Waals surface area contributed by atoms with Gasteiger partial charge in [0.15, 0.2) is 0 Å². The van der Waals surface area contributed by atoms with Crippen molar-refractivity contribution in [1.29, 1.82) is 0 Å². The minimum Gasteiger partial charge on any atom is -0.398 e. The van der Waals surface area contributed by atoms with E-state index < -0.39 is 6.04 Å². The fraction of sp³-hybridized carbons (Fsp3) is 0.429. The number of anilines is 1. The average Bonchev–Trinajstić information content (AvgIpc) is 2.36. The number of nitrogens with one attached hydrogen (secondary N) is 2. The van der Waals surface area contributed by atoms with Crippen LogP contribution >= 0.6 is 11.6 Å². The molecule has 1 atom stereocenters. The Kier molecular flexibility index (Phi) is 5.82. The molecule has 0 radical (unpaired) electrons. The highest BCUT2D eigenvalue weighted by Crippen LogP contribution is 2.18. The van der Waals surface area contributed by atoms with Crippen molar-refractivity contribution in [1.82, 2.24) is 10.6 Å². The van der Waals surface area contributed by atoms with E-state index in [4.69, 9.17) is 17.3 Å². The first-order chi connectivity index (χ1) is 9.35. The normalized spacial score (nSPS) is 12.1. The summed E-state index contributed by atoms with van der Waals surface area (Å²) in [7, 11) is 1.54. The molecule has 0 saturated heterocycles. The highest BCUT2D eigenvalue weighted by molar-refractivity contribution is 6.31. The third-order valence-electron chi connectivity index (χ3n) is 2.83. The second-order valence-electron chi connectivity index (χ2n) is 5.00. The Balaban J connectivity index is 2.87. The number of benzene rings is 1. The van der Waals surface area contributed by atoms with Crippen LogP contribution in [0.3, 0.4) is 0 Å². The van der Waals surface area contributed by atoms with E-state index >= 15 is 0 Å². The summed E-state index contributed by atoms with van der Waals surface area (Å²) in [5.74, 6) is -0.326. The maximum absolute atomic E-state index is 12.2.